The van der Waals surface area contributed by atoms with Gasteiger partial charge in [-0.1, -0.05) is 48.5 Å². The molecule has 2 aromatic carbocycles. The molecule has 0 radical (unpaired) electrons. The van der Waals surface area contributed by atoms with E-state index in [9.17, 15) is 4.79 Å². The van der Waals surface area contributed by atoms with Crippen LogP contribution in [0, 0.1) is 18.3 Å². The summed E-state index contributed by atoms with van der Waals surface area (Å²) in [6, 6.07) is 20.1. The highest BCUT2D eigenvalue weighted by Crippen LogP contribution is 2.31. The number of nitriles is 1. The Morgan fingerprint density at radius 1 is 1.00 bits per heavy atom. The quantitative estimate of drug-likeness (QED) is 0.537. The highest BCUT2D eigenvalue weighted by atomic mass is 16.1. The third-order valence-corrected chi connectivity index (χ3v) is 5.67. The van der Waals surface area contributed by atoms with E-state index in [0.717, 1.165) is 48.2 Å². The van der Waals surface area contributed by atoms with Crippen molar-refractivity contribution in [1.29, 1.82) is 5.26 Å². The smallest absolute Gasteiger partial charge is 0.164 e. The molecule has 0 bridgehead atoms. The maximum Gasteiger partial charge on any atom is 0.164 e. The normalized spacial score (nSPS) is 13.9. The molecule has 1 aliphatic carbocycles. The molecule has 1 aliphatic rings. The molecule has 1 heterocycles. The maximum atomic E-state index is 12.8. The minimum atomic E-state index is 0.273. The number of benzene rings is 2. The van der Waals surface area contributed by atoms with Crippen molar-refractivity contribution in [3.05, 3.63) is 93.8 Å². The van der Waals surface area contributed by atoms with Crippen molar-refractivity contribution >= 4 is 17.9 Å². The second-order valence-corrected chi connectivity index (χ2v) is 7.60. The van der Waals surface area contributed by atoms with Gasteiger partial charge in [-0.05, 0) is 61.1 Å². The predicted molar refractivity (Wildman–Crippen MR) is 117 cm³/mol. The van der Waals surface area contributed by atoms with Crippen molar-refractivity contribution in [3.63, 3.8) is 0 Å². The van der Waals surface area contributed by atoms with Gasteiger partial charge in [0, 0.05) is 29.9 Å². The third kappa shape index (κ3) is 3.93. The van der Waals surface area contributed by atoms with E-state index in [1.54, 1.807) is 0 Å². The van der Waals surface area contributed by atoms with Crippen molar-refractivity contribution in [2.24, 2.45) is 0 Å². The number of nitrogens with zero attached hydrogens (tertiary/aromatic N) is 2. The maximum absolute atomic E-state index is 12.8. The Kier molecular flexibility index (Phi) is 5.44. The summed E-state index contributed by atoms with van der Waals surface area (Å²) >= 11 is 0. The zero-order valence-corrected chi connectivity index (χ0v) is 16.7. The topological polar surface area (TPSA) is 45.8 Å². The number of ketones is 1. The van der Waals surface area contributed by atoms with Crippen molar-refractivity contribution in [1.82, 2.24) is 4.57 Å². The first-order chi connectivity index (χ1) is 14.2. The fourth-order valence-electron chi connectivity index (χ4n) is 4.17. The van der Waals surface area contributed by atoms with Crippen LogP contribution in [-0.4, -0.2) is 10.4 Å². The molecule has 0 N–H and O–H groups in total. The Balaban J connectivity index is 1.78. The second-order valence-electron chi connectivity index (χ2n) is 7.60. The van der Waals surface area contributed by atoms with E-state index in [2.05, 4.69) is 54.0 Å². The van der Waals surface area contributed by atoms with Crippen LogP contribution in [0.3, 0.4) is 0 Å². The van der Waals surface area contributed by atoms with Crippen LogP contribution in [0.1, 0.15) is 63.3 Å². The van der Waals surface area contributed by atoms with Crippen molar-refractivity contribution in [2.75, 3.05) is 0 Å². The molecule has 4 rings (SSSR count). The first-order valence-corrected chi connectivity index (χ1v) is 10.1. The molecule has 3 nitrogen and oxygen atoms in total. The Morgan fingerprint density at radius 2 is 1.72 bits per heavy atom. The highest BCUT2D eigenvalue weighted by molar-refractivity contribution is 6.00. The number of rotatable bonds is 4. The van der Waals surface area contributed by atoms with E-state index in [1.165, 1.54) is 11.3 Å². The standard InChI is InChI=1S/C26H24N2O/c1-19-23(16-15-20-11-13-21(17-27)14-12-20)28(18-22-7-3-2-4-8-22)24-9-5-6-10-25(29)26(19)24/h2-4,7-8,11-16H,5-6,9-10,18H2,1H3/b16-15+. The second kappa shape index (κ2) is 8.32. The fraction of sp³-hybridized carbons (Fsp3) is 0.231. The molecule has 3 heteroatoms. The molecular weight excluding hydrogens is 356 g/mol. The first kappa shape index (κ1) is 19.0. The summed E-state index contributed by atoms with van der Waals surface area (Å²) in [4.78, 5) is 12.8. The number of carbonyl (C=O) groups excluding carboxylic acids is 1. The van der Waals surface area contributed by atoms with Gasteiger partial charge in [-0.3, -0.25) is 4.79 Å². The predicted octanol–water partition coefficient (Wildman–Crippen LogP) is 5.80. The lowest BCUT2D eigenvalue weighted by Gasteiger charge is -2.12. The zero-order chi connectivity index (χ0) is 20.2. The summed E-state index contributed by atoms with van der Waals surface area (Å²) in [6.07, 6.45) is 7.78. The largest absolute Gasteiger partial charge is 0.340 e. The van der Waals surface area contributed by atoms with Gasteiger partial charge in [0.15, 0.2) is 5.78 Å². The van der Waals surface area contributed by atoms with Crippen LogP contribution in [0.5, 0.6) is 0 Å². The van der Waals surface area contributed by atoms with Crippen LogP contribution >= 0.6 is 0 Å². The van der Waals surface area contributed by atoms with Gasteiger partial charge in [-0.2, -0.15) is 5.26 Å². The number of hydrogen-bond acceptors (Lipinski definition) is 2. The first-order valence-electron chi connectivity index (χ1n) is 10.1. The summed E-state index contributed by atoms with van der Waals surface area (Å²) in [6.45, 7) is 2.83. The lowest BCUT2D eigenvalue weighted by Crippen LogP contribution is -2.07. The minimum Gasteiger partial charge on any atom is -0.340 e. The summed E-state index contributed by atoms with van der Waals surface area (Å²) in [7, 11) is 0. The van der Waals surface area contributed by atoms with Gasteiger partial charge in [0.2, 0.25) is 0 Å². The third-order valence-electron chi connectivity index (χ3n) is 5.67. The highest BCUT2D eigenvalue weighted by Gasteiger charge is 2.25. The molecule has 0 aliphatic heterocycles. The summed E-state index contributed by atoms with van der Waals surface area (Å²) in [5, 5.41) is 8.99. The van der Waals surface area contributed by atoms with Gasteiger partial charge in [0.05, 0.1) is 11.6 Å². The molecular formula is C26H24N2O. The van der Waals surface area contributed by atoms with Crippen LogP contribution < -0.4 is 0 Å². The molecule has 0 saturated heterocycles. The molecule has 0 fully saturated rings. The number of aromatic nitrogens is 1. The number of Topliss-reactive ketones (excluding diaryl/α,β-unsaturated/α-hetero) is 1. The van der Waals surface area contributed by atoms with Crippen LogP contribution in [0.4, 0.5) is 0 Å². The monoisotopic (exact) mass is 380 g/mol. The van der Waals surface area contributed by atoms with Crippen molar-refractivity contribution in [2.45, 2.75) is 39.2 Å². The van der Waals surface area contributed by atoms with E-state index >= 15 is 0 Å². The Hall–Kier alpha value is -3.38. The average molecular weight is 380 g/mol. The Labute approximate surface area is 171 Å². The van der Waals surface area contributed by atoms with Gasteiger partial charge in [0.25, 0.3) is 0 Å². The van der Waals surface area contributed by atoms with Crippen LogP contribution in [0.2, 0.25) is 0 Å². The average Bonchev–Trinajstić information content (AvgIpc) is 2.88. The van der Waals surface area contributed by atoms with E-state index in [1.807, 2.05) is 30.3 Å². The Bertz CT molecular complexity index is 1100. The fourth-order valence-corrected chi connectivity index (χ4v) is 4.17. The molecule has 0 amide bonds. The summed E-state index contributed by atoms with van der Waals surface area (Å²) < 4.78 is 2.32. The summed E-state index contributed by atoms with van der Waals surface area (Å²) in [5.74, 6) is 0.273. The van der Waals surface area contributed by atoms with Gasteiger partial charge < -0.3 is 4.57 Å². The van der Waals surface area contributed by atoms with Gasteiger partial charge >= 0.3 is 0 Å². The lowest BCUT2D eigenvalue weighted by molar-refractivity contribution is 0.0981. The number of hydrogen-bond donors (Lipinski definition) is 0. The molecule has 144 valence electrons. The van der Waals surface area contributed by atoms with Gasteiger partial charge in [-0.15, -0.1) is 0 Å². The van der Waals surface area contributed by atoms with Gasteiger partial charge in [0.1, 0.15) is 0 Å². The summed E-state index contributed by atoms with van der Waals surface area (Å²) in [5.41, 5.74) is 7.20. The number of fused-ring (bicyclic) bond motifs is 1. The van der Waals surface area contributed by atoms with Crippen LogP contribution in [0.25, 0.3) is 12.2 Å². The zero-order valence-electron chi connectivity index (χ0n) is 16.7. The Morgan fingerprint density at radius 3 is 2.45 bits per heavy atom. The molecule has 29 heavy (non-hydrogen) atoms. The van der Waals surface area contributed by atoms with Crippen molar-refractivity contribution in [3.8, 4) is 6.07 Å². The van der Waals surface area contributed by atoms with Gasteiger partial charge in [-0.25, -0.2) is 0 Å². The molecule has 0 spiro atoms. The lowest BCUT2D eigenvalue weighted by atomic mass is 10.0. The molecule has 0 saturated carbocycles. The van der Waals surface area contributed by atoms with Crippen LogP contribution in [-0.2, 0) is 13.0 Å². The van der Waals surface area contributed by atoms with Crippen molar-refractivity contribution < 1.29 is 4.79 Å². The molecule has 0 atom stereocenters. The van der Waals surface area contributed by atoms with E-state index < -0.39 is 0 Å². The van der Waals surface area contributed by atoms with E-state index in [0.29, 0.717) is 12.0 Å². The minimum absolute atomic E-state index is 0.273. The molecule has 0 unspecified atom stereocenters. The number of carbonyl (C=O) groups is 1. The SMILES string of the molecule is Cc1c2c(n(Cc3ccccc3)c1/C=C/c1ccc(C#N)cc1)CCCCC2=O. The molecule has 3 aromatic rings. The molecule has 1 aromatic heterocycles. The van der Waals surface area contributed by atoms with E-state index in [-0.39, 0.29) is 5.78 Å². The van der Waals surface area contributed by atoms with Crippen LogP contribution in [0.15, 0.2) is 54.6 Å². The van der Waals surface area contributed by atoms with E-state index in [4.69, 9.17) is 5.26 Å².